The van der Waals surface area contributed by atoms with E-state index in [9.17, 15) is 9.18 Å². The molecule has 1 saturated heterocycles. The molecule has 2 atom stereocenters. The second-order valence-corrected chi connectivity index (χ2v) is 6.85. The molecule has 1 heterocycles. The van der Waals surface area contributed by atoms with Crippen molar-refractivity contribution in [1.82, 2.24) is 10.6 Å². The van der Waals surface area contributed by atoms with Crippen molar-refractivity contribution < 1.29 is 13.9 Å². The lowest BCUT2D eigenvalue weighted by Crippen LogP contribution is -2.46. The van der Waals surface area contributed by atoms with Gasteiger partial charge in [-0.25, -0.2) is 9.18 Å². The van der Waals surface area contributed by atoms with E-state index in [2.05, 4.69) is 10.6 Å². The van der Waals surface area contributed by atoms with Crippen LogP contribution < -0.4 is 10.6 Å². The number of nitrogens with one attached hydrogen (secondary N) is 2. The second-order valence-electron chi connectivity index (χ2n) is 6.85. The zero-order valence-electron chi connectivity index (χ0n) is 13.7. The van der Waals surface area contributed by atoms with Crippen LogP contribution in [0.2, 0.25) is 0 Å². The van der Waals surface area contributed by atoms with Crippen LogP contribution in [0, 0.1) is 12.7 Å². The topological polar surface area (TPSA) is 50.4 Å². The van der Waals surface area contributed by atoms with Gasteiger partial charge >= 0.3 is 6.09 Å². The number of alkyl carbamates (subject to hydrolysis) is 1. The summed E-state index contributed by atoms with van der Waals surface area (Å²) in [5.41, 5.74) is 0.788. The summed E-state index contributed by atoms with van der Waals surface area (Å²) in [6.45, 7) is 8.00. The number of hydrogen-bond donors (Lipinski definition) is 2. The Hall–Kier alpha value is -1.62. The SMILES string of the molecule is Cc1cccc(C2CC(NC(=O)OC(C)(C)C)CCN2)c1F. The molecule has 2 rings (SSSR count). The number of carbonyl (C=O) groups is 1. The molecule has 122 valence electrons. The van der Waals surface area contributed by atoms with Crippen LogP contribution in [-0.4, -0.2) is 24.3 Å². The number of ether oxygens (including phenoxy) is 1. The van der Waals surface area contributed by atoms with Crippen LogP contribution in [0.5, 0.6) is 0 Å². The summed E-state index contributed by atoms with van der Waals surface area (Å²) in [7, 11) is 0. The van der Waals surface area contributed by atoms with Gasteiger partial charge in [-0.1, -0.05) is 18.2 Å². The van der Waals surface area contributed by atoms with Gasteiger partial charge in [-0.2, -0.15) is 0 Å². The van der Waals surface area contributed by atoms with Crippen LogP contribution in [0.1, 0.15) is 50.8 Å². The van der Waals surface area contributed by atoms with Crippen LogP contribution in [0.15, 0.2) is 18.2 Å². The molecule has 0 radical (unpaired) electrons. The molecule has 5 heteroatoms. The maximum atomic E-state index is 14.2. The molecule has 2 unspecified atom stereocenters. The molecule has 0 spiro atoms. The van der Waals surface area contributed by atoms with Gasteiger partial charge in [-0.05, 0) is 52.6 Å². The molecule has 1 aromatic rings. The van der Waals surface area contributed by atoms with Gasteiger partial charge in [0.25, 0.3) is 0 Å². The van der Waals surface area contributed by atoms with Gasteiger partial charge in [0.15, 0.2) is 0 Å². The number of benzene rings is 1. The Balaban J connectivity index is 2.00. The number of rotatable bonds is 2. The highest BCUT2D eigenvalue weighted by molar-refractivity contribution is 5.68. The molecule has 1 aliphatic heterocycles. The maximum Gasteiger partial charge on any atom is 0.407 e. The predicted molar refractivity (Wildman–Crippen MR) is 84.3 cm³/mol. The third kappa shape index (κ3) is 4.44. The molecule has 1 fully saturated rings. The predicted octanol–water partition coefficient (Wildman–Crippen LogP) is 3.45. The first kappa shape index (κ1) is 16.7. The summed E-state index contributed by atoms with van der Waals surface area (Å²) >= 11 is 0. The highest BCUT2D eigenvalue weighted by Gasteiger charge is 2.27. The number of amides is 1. The summed E-state index contributed by atoms with van der Waals surface area (Å²) in [6.07, 6.45) is 1.05. The van der Waals surface area contributed by atoms with Crippen molar-refractivity contribution in [3.05, 3.63) is 35.1 Å². The third-order valence-corrected chi connectivity index (χ3v) is 3.72. The molecule has 1 aliphatic rings. The highest BCUT2D eigenvalue weighted by Crippen LogP contribution is 2.27. The molecule has 0 bridgehead atoms. The number of aryl methyl sites for hydroxylation is 1. The average Bonchev–Trinajstić information content (AvgIpc) is 2.40. The number of carbonyl (C=O) groups excluding carboxylic acids is 1. The lowest BCUT2D eigenvalue weighted by Gasteiger charge is -2.32. The Morgan fingerprint density at radius 3 is 2.82 bits per heavy atom. The van der Waals surface area contributed by atoms with E-state index in [4.69, 9.17) is 4.74 Å². The van der Waals surface area contributed by atoms with Crippen LogP contribution in [0.3, 0.4) is 0 Å². The van der Waals surface area contributed by atoms with Crippen molar-refractivity contribution in [3.8, 4) is 0 Å². The van der Waals surface area contributed by atoms with E-state index in [0.717, 1.165) is 13.0 Å². The Kier molecular flexibility index (Phi) is 5.06. The fourth-order valence-corrected chi connectivity index (χ4v) is 2.70. The minimum absolute atomic E-state index is 0.0130. The lowest BCUT2D eigenvalue weighted by atomic mass is 9.92. The summed E-state index contributed by atoms with van der Waals surface area (Å²) in [5.74, 6) is -0.169. The van der Waals surface area contributed by atoms with Crippen molar-refractivity contribution in [3.63, 3.8) is 0 Å². The van der Waals surface area contributed by atoms with Gasteiger partial charge in [0.1, 0.15) is 11.4 Å². The first-order valence-electron chi connectivity index (χ1n) is 7.74. The number of halogens is 1. The lowest BCUT2D eigenvalue weighted by molar-refractivity contribution is 0.0490. The van der Waals surface area contributed by atoms with Crippen molar-refractivity contribution in [2.24, 2.45) is 0 Å². The first-order valence-corrected chi connectivity index (χ1v) is 7.74. The van der Waals surface area contributed by atoms with Gasteiger partial charge in [0.2, 0.25) is 0 Å². The molecule has 4 nitrogen and oxygen atoms in total. The van der Waals surface area contributed by atoms with E-state index in [0.29, 0.717) is 17.5 Å². The van der Waals surface area contributed by atoms with Gasteiger partial charge in [0.05, 0.1) is 0 Å². The van der Waals surface area contributed by atoms with Crippen LogP contribution in [0.25, 0.3) is 0 Å². The molecule has 22 heavy (non-hydrogen) atoms. The molecule has 1 amide bonds. The van der Waals surface area contributed by atoms with Crippen molar-refractivity contribution in [1.29, 1.82) is 0 Å². The monoisotopic (exact) mass is 308 g/mol. The van der Waals surface area contributed by atoms with Crippen LogP contribution >= 0.6 is 0 Å². The van der Waals surface area contributed by atoms with E-state index in [1.165, 1.54) is 0 Å². The van der Waals surface area contributed by atoms with Crippen molar-refractivity contribution in [2.75, 3.05) is 6.54 Å². The van der Waals surface area contributed by atoms with E-state index >= 15 is 0 Å². The molecule has 0 saturated carbocycles. The van der Waals surface area contributed by atoms with Crippen LogP contribution in [-0.2, 0) is 4.74 Å². The van der Waals surface area contributed by atoms with Gasteiger partial charge in [0, 0.05) is 17.6 Å². The van der Waals surface area contributed by atoms with Gasteiger partial charge < -0.3 is 15.4 Å². The first-order chi connectivity index (χ1) is 10.3. The summed E-state index contributed by atoms with van der Waals surface area (Å²) in [4.78, 5) is 11.9. The van der Waals surface area contributed by atoms with E-state index in [1.807, 2.05) is 26.8 Å². The Morgan fingerprint density at radius 2 is 2.14 bits per heavy atom. The molecular formula is C17H25FN2O2. The molecule has 2 N–H and O–H groups in total. The molecule has 0 aromatic heterocycles. The van der Waals surface area contributed by atoms with Gasteiger partial charge in [-0.3, -0.25) is 0 Å². The third-order valence-electron chi connectivity index (χ3n) is 3.72. The maximum absolute atomic E-state index is 14.2. The van der Waals surface area contributed by atoms with E-state index < -0.39 is 11.7 Å². The zero-order chi connectivity index (χ0) is 16.3. The Bertz CT molecular complexity index is 540. The smallest absolute Gasteiger partial charge is 0.407 e. The van der Waals surface area contributed by atoms with Crippen molar-refractivity contribution in [2.45, 2.75) is 58.2 Å². The molecule has 0 aliphatic carbocycles. The summed E-state index contributed by atoms with van der Waals surface area (Å²) in [6, 6.07) is 5.32. The van der Waals surface area contributed by atoms with E-state index in [-0.39, 0.29) is 17.9 Å². The largest absolute Gasteiger partial charge is 0.444 e. The normalized spacial score (nSPS) is 22.2. The summed E-state index contributed by atoms with van der Waals surface area (Å²) in [5, 5.41) is 6.21. The van der Waals surface area contributed by atoms with Crippen LogP contribution in [0.4, 0.5) is 9.18 Å². The average molecular weight is 308 g/mol. The number of piperidine rings is 1. The fourth-order valence-electron chi connectivity index (χ4n) is 2.70. The minimum Gasteiger partial charge on any atom is -0.444 e. The van der Waals surface area contributed by atoms with Crippen molar-refractivity contribution >= 4 is 6.09 Å². The van der Waals surface area contributed by atoms with Gasteiger partial charge in [-0.15, -0.1) is 0 Å². The van der Waals surface area contributed by atoms with E-state index in [1.54, 1.807) is 19.1 Å². The number of hydrogen-bond acceptors (Lipinski definition) is 3. The molecular weight excluding hydrogens is 283 g/mol. The quantitative estimate of drug-likeness (QED) is 0.880. The summed E-state index contributed by atoms with van der Waals surface area (Å²) < 4.78 is 19.5. The second kappa shape index (κ2) is 6.65. The highest BCUT2D eigenvalue weighted by atomic mass is 19.1. The zero-order valence-corrected chi connectivity index (χ0v) is 13.7. The molecule has 1 aromatic carbocycles. The standard InChI is InChI=1S/C17H25FN2O2/c1-11-6-5-7-13(15(11)18)14-10-12(8-9-19-14)20-16(21)22-17(2,3)4/h5-7,12,14,19H,8-10H2,1-4H3,(H,20,21). The fraction of sp³-hybridized carbons (Fsp3) is 0.588. The Morgan fingerprint density at radius 1 is 1.41 bits per heavy atom. The minimum atomic E-state index is -0.515. The Labute approximate surface area is 131 Å².